The zero-order valence-corrected chi connectivity index (χ0v) is 9.66. The first-order valence-electron chi connectivity index (χ1n) is 4.81. The van der Waals surface area contributed by atoms with E-state index in [9.17, 15) is 4.79 Å². The molecule has 0 radical (unpaired) electrons. The minimum atomic E-state index is -0.439. The summed E-state index contributed by atoms with van der Waals surface area (Å²) in [6.07, 6.45) is 0. The molecule has 0 atom stereocenters. The molecule has 0 unspecified atom stereocenters. The van der Waals surface area contributed by atoms with Crippen LogP contribution in [0, 0.1) is 11.3 Å². The van der Waals surface area contributed by atoms with Crippen LogP contribution in [0.4, 0.5) is 5.69 Å². The van der Waals surface area contributed by atoms with Crippen molar-refractivity contribution in [2.24, 2.45) is 5.73 Å². The van der Waals surface area contributed by atoms with Crippen LogP contribution in [0.2, 0.25) is 5.02 Å². The lowest BCUT2D eigenvalue weighted by atomic mass is 10.1. The summed E-state index contributed by atoms with van der Waals surface area (Å²) in [5.74, 6) is -0.439. The summed E-state index contributed by atoms with van der Waals surface area (Å²) in [5, 5.41) is 9.48. The molecule has 0 saturated heterocycles. The van der Waals surface area contributed by atoms with Crippen LogP contribution >= 0.6 is 11.6 Å². The number of hydrogen-bond acceptors (Lipinski definition) is 3. The molecular formula is C11H12ClN3O. The minimum Gasteiger partial charge on any atom is -0.368 e. The number of benzene rings is 1. The number of likely N-dealkylation sites (N-methyl/N-ethyl adjacent to an activating group) is 1. The number of nitriles is 1. The van der Waals surface area contributed by atoms with E-state index >= 15 is 0 Å². The molecule has 0 aliphatic heterocycles. The van der Waals surface area contributed by atoms with Crippen molar-refractivity contribution >= 4 is 23.2 Å². The van der Waals surface area contributed by atoms with Gasteiger partial charge in [0.25, 0.3) is 0 Å². The van der Waals surface area contributed by atoms with Gasteiger partial charge in [0, 0.05) is 11.6 Å². The molecule has 0 spiro atoms. The molecule has 2 N–H and O–H groups in total. The maximum absolute atomic E-state index is 10.9. The first-order chi connectivity index (χ1) is 7.58. The summed E-state index contributed by atoms with van der Waals surface area (Å²) in [4.78, 5) is 12.6. The number of primary amides is 1. The fourth-order valence-corrected chi connectivity index (χ4v) is 1.58. The van der Waals surface area contributed by atoms with E-state index in [0.29, 0.717) is 22.8 Å². The first kappa shape index (κ1) is 12.3. The molecule has 0 heterocycles. The third-order valence-corrected chi connectivity index (χ3v) is 2.38. The van der Waals surface area contributed by atoms with E-state index in [0.717, 1.165) is 0 Å². The number of carbonyl (C=O) groups excluding carboxylic acids is 1. The van der Waals surface area contributed by atoms with Gasteiger partial charge in [-0.05, 0) is 25.1 Å². The number of halogens is 1. The lowest BCUT2D eigenvalue weighted by Crippen LogP contribution is -2.34. The quantitative estimate of drug-likeness (QED) is 0.863. The number of nitrogens with zero attached hydrogens (tertiary/aromatic N) is 2. The Morgan fingerprint density at radius 2 is 2.31 bits per heavy atom. The van der Waals surface area contributed by atoms with Gasteiger partial charge in [0.05, 0.1) is 17.8 Å². The van der Waals surface area contributed by atoms with Crippen LogP contribution in [0.5, 0.6) is 0 Å². The molecule has 1 amide bonds. The van der Waals surface area contributed by atoms with Gasteiger partial charge in [-0.1, -0.05) is 11.6 Å². The normalized spacial score (nSPS) is 9.56. The maximum Gasteiger partial charge on any atom is 0.236 e. The summed E-state index contributed by atoms with van der Waals surface area (Å²) >= 11 is 5.86. The molecule has 16 heavy (non-hydrogen) atoms. The van der Waals surface area contributed by atoms with Crippen molar-refractivity contribution < 1.29 is 4.79 Å². The van der Waals surface area contributed by atoms with E-state index < -0.39 is 5.91 Å². The molecule has 0 aliphatic carbocycles. The van der Waals surface area contributed by atoms with E-state index in [1.807, 2.05) is 6.92 Å². The molecule has 0 aliphatic rings. The molecule has 0 aromatic heterocycles. The molecule has 1 rings (SSSR count). The number of hydrogen-bond donors (Lipinski definition) is 1. The van der Waals surface area contributed by atoms with Crippen molar-refractivity contribution in [3.63, 3.8) is 0 Å². The van der Waals surface area contributed by atoms with Crippen LogP contribution in [-0.4, -0.2) is 19.0 Å². The van der Waals surface area contributed by atoms with Crippen molar-refractivity contribution in [2.75, 3.05) is 18.0 Å². The highest BCUT2D eigenvalue weighted by Crippen LogP contribution is 2.24. The van der Waals surface area contributed by atoms with Gasteiger partial charge in [0.15, 0.2) is 0 Å². The second-order valence-corrected chi connectivity index (χ2v) is 3.69. The van der Waals surface area contributed by atoms with Crippen molar-refractivity contribution in [1.29, 1.82) is 5.26 Å². The van der Waals surface area contributed by atoms with Gasteiger partial charge in [-0.15, -0.1) is 0 Å². The highest BCUT2D eigenvalue weighted by molar-refractivity contribution is 6.30. The topological polar surface area (TPSA) is 70.1 Å². The van der Waals surface area contributed by atoms with E-state index in [1.165, 1.54) is 0 Å². The molecule has 4 nitrogen and oxygen atoms in total. The third-order valence-electron chi connectivity index (χ3n) is 2.15. The molecule has 0 bridgehead atoms. The van der Waals surface area contributed by atoms with E-state index in [2.05, 4.69) is 6.07 Å². The molecule has 84 valence electrons. The lowest BCUT2D eigenvalue weighted by molar-refractivity contribution is -0.116. The fraction of sp³-hybridized carbons (Fsp3) is 0.273. The van der Waals surface area contributed by atoms with Gasteiger partial charge in [0.1, 0.15) is 6.07 Å². The average Bonchev–Trinajstić information content (AvgIpc) is 2.25. The molecule has 5 heteroatoms. The Labute approximate surface area is 99.2 Å². The number of anilines is 1. The Morgan fingerprint density at radius 1 is 1.62 bits per heavy atom. The lowest BCUT2D eigenvalue weighted by Gasteiger charge is -2.22. The predicted molar refractivity (Wildman–Crippen MR) is 63.2 cm³/mol. The van der Waals surface area contributed by atoms with E-state index in [1.54, 1.807) is 23.1 Å². The molecular weight excluding hydrogens is 226 g/mol. The fourth-order valence-electron chi connectivity index (χ4n) is 1.42. The largest absolute Gasteiger partial charge is 0.368 e. The standard InChI is InChI=1S/C11H12ClN3O/c1-2-15(7-11(14)16)10-5-9(12)4-3-8(10)6-13/h3-5H,2,7H2,1H3,(H2,14,16). The van der Waals surface area contributed by atoms with Crippen LogP contribution < -0.4 is 10.6 Å². The number of nitrogens with two attached hydrogens (primary N) is 1. The van der Waals surface area contributed by atoms with Gasteiger partial charge < -0.3 is 10.6 Å². The molecule has 1 aromatic rings. The highest BCUT2D eigenvalue weighted by Gasteiger charge is 2.12. The predicted octanol–water partition coefficient (Wildman–Crippen LogP) is 1.52. The summed E-state index contributed by atoms with van der Waals surface area (Å²) < 4.78 is 0. The van der Waals surface area contributed by atoms with E-state index in [4.69, 9.17) is 22.6 Å². The van der Waals surface area contributed by atoms with Gasteiger partial charge in [-0.3, -0.25) is 4.79 Å². The van der Waals surface area contributed by atoms with Gasteiger partial charge >= 0.3 is 0 Å². The average molecular weight is 238 g/mol. The van der Waals surface area contributed by atoms with Gasteiger partial charge in [0.2, 0.25) is 5.91 Å². The molecule has 0 saturated carbocycles. The van der Waals surface area contributed by atoms with Gasteiger partial charge in [-0.2, -0.15) is 5.26 Å². The summed E-state index contributed by atoms with van der Waals surface area (Å²) in [6, 6.07) is 6.98. The zero-order chi connectivity index (χ0) is 12.1. The Bertz CT molecular complexity index is 439. The molecule has 0 fully saturated rings. The Hall–Kier alpha value is -1.73. The first-order valence-corrected chi connectivity index (χ1v) is 5.19. The summed E-state index contributed by atoms with van der Waals surface area (Å²) in [7, 11) is 0. The number of amides is 1. The Kier molecular flexibility index (Phi) is 4.15. The van der Waals surface area contributed by atoms with Crippen molar-refractivity contribution in [3.05, 3.63) is 28.8 Å². The number of rotatable bonds is 4. The minimum absolute atomic E-state index is 0.0749. The smallest absolute Gasteiger partial charge is 0.236 e. The van der Waals surface area contributed by atoms with Crippen LogP contribution in [-0.2, 0) is 4.79 Å². The van der Waals surface area contributed by atoms with Crippen molar-refractivity contribution in [3.8, 4) is 6.07 Å². The van der Waals surface area contributed by atoms with Crippen LogP contribution in [0.1, 0.15) is 12.5 Å². The maximum atomic E-state index is 10.9. The number of carbonyl (C=O) groups is 1. The van der Waals surface area contributed by atoms with Crippen LogP contribution in [0.3, 0.4) is 0 Å². The van der Waals surface area contributed by atoms with Crippen molar-refractivity contribution in [2.45, 2.75) is 6.92 Å². The Morgan fingerprint density at radius 3 is 2.81 bits per heavy atom. The van der Waals surface area contributed by atoms with Crippen LogP contribution in [0.25, 0.3) is 0 Å². The molecule has 1 aromatic carbocycles. The van der Waals surface area contributed by atoms with Crippen molar-refractivity contribution in [1.82, 2.24) is 0 Å². The Balaban J connectivity index is 3.13. The summed E-state index contributed by atoms with van der Waals surface area (Å²) in [5.41, 5.74) is 6.25. The highest BCUT2D eigenvalue weighted by atomic mass is 35.5. The van der Waals surface area contributed by atoms with E-state index in [-0.39, 0.29) is 6.54 Å². The zero-order valence-electron chi connectivity index (χ0n) is 8.90. The second kappa shape index (κ2) is 5.38. The SMILES string of the molecule is CCN(CC(N)=O)c1cc(Cl)ccc1C#N. The monoisotopic (exact) mass is 237 g/mol. The van der Waals surface area contributed by atoms with Gasteiger partial charge in [-0.25, -0.2) is 0 Å². The summed E-state index contributed by atoms with van der Waals surface area (Å²) in [6.45, 7) is 2.54. The van der Waals surface area contributed by atoms with Crippen LogP contribution in [0.15, 0.2) is 18.2 Å². The third kappa shape index (κ3) is 2.88. The second-order valence-electron chi connectivity index (χ2n) is 3.25.